The minimum atomic E-state index is -1.06. The second-order valence-corrected chi connectivity index (χ2v) is 6.30. The van der Waals surface area contributed by atoms with E-state index in [0.29, 0.717) is 21.9 Å². The average Bonchev–Trinajstić information content (AvgIpc) is 2.78. The number of nitriles is 1. The third kappa shape index (κ3) is 4.56. The molecule has 2 aromatic rings. The van der Waals surface area contributed by atoms with Crippen LogP contribution in [0.2, 0.25) is 0 Å². The molecular formula is C21H19N5O5. The number of rotatable bonds is 5. The lowest BCUT2D eigenvalue weighted by Crippen LogP contribution is -2.59. The Morgan fingerprint density at radius 2 is 1.84 bits per heavy atom. The largest absolute Gasteiger partial charge is 0.509 e. The Balaban J connectivity index is 1.94. The van der Waals surface area contributed by atoms with Crippen molar-refractivity contribution in [1.29, 1.82) is 5.26 Å². The van der Waals surface area contributed by atoms with Crippen molar-refractivity contribution in [2.75, 3.05) is 23.6 Å². The number of hydrazine groups is 2. The number of para-hydroxylation sites is 1. The highest BCUT2D eigenvalue weighted by Gasteiger charge is 2.41. The summed E-state index contributed by atoms with van der Waals surface area (Å²) in [5.41, 5.74) is 5.73. The van der Waals surface area contributed by atoms with Gasteiger partial charge in [-0.25, -0.2) is 15.0 Å². The molecule has 3 rings (SSSR count). The number of amides is 3. The van der Waals surface area contributed by atoms with Gasteiger partial charge in [0.25, 0.3) is 5.91 Å². The molecular weight excluding hydrogens is 402 g/mol. The maximum absolute atomic E-state index is 13.0. The highest BCUT2D eigenvalue weighted by Crippen LogP contribution is 2.26. The van der Waals surface area contributed by atoms with Crippen LogP contribution in [-0.2, 0) is 14.3 Å². The molecule has 0 unspecified atom stereocenters. The van der Waals surface area contributed by atoms with Gasteiger partial charge in [-0.05, 0) is 43.3 Å². The van der Waals surface area contributed by atoms with Gasteiger partial charge in [0.2, 0.25) is 0 Å². The summed E-state index contributed by atoms with van der Waals surface area (Å²) in [5.74, 6) is -2.62. The van der Waals surface area contributed by atoms with Crippen LogP contribution in [0.3, 0.4) is 0 Å². The number of nitrogens with zero attached hydrogens (tertiary/aromatic N) is 3. The van der Waals surface area contributed by atoms with E-state index in [2.05, 4.69) is 10.9 Å². The first-order valence-corrected chi connectivity index (χ1v) is 9.28. The number of aliphatic hydroxyl groups is 1. The van der Waals surface area contributed by atoms with Crippen LogP contribution >= 0.6 is 0 Å². The minimum absolute atomic E-state index is 0.00993. The zero-order valence-corrected chi connectivity index (χ0v) is 16.5. The molecule has 0 atom stereocenters. The van der Waals surface area contributed by atoms with Gasteiger partial charge in [0.1, 0.15) is 5.76 Å². The molecule has 2 aromatic carbocycles. The molecule has 0 radical (unpaired) electrons. The first-order chi connectivity index (χ1) is 15.0. The predicted molar refractivity (Wildman–Crippen MR) is 110 cm³/mol. The van der Waals surface area contributed by atoms with Crippen LogP contribution < -0.4 is 15.9 Å². The number of aliphatic hydroxyl groups excluding tert-OH is 1. The molecule has 10 heteroatoms. The summed E-state index contributed by atoms with van der Waals surface area (Å²) in [6, 6.07) is 15.8. The molecule has 10 nitrogen and oxygen atoms in total. The quantitative estimate of drug-likeness (QED) is 0.380. The fourth-order valence-electron chi connectivity index (χ4n) is 2.86. The van der Waals surface area contributed by atoms with Gasteiger partial charge >= 0.3 is 12.0 Å². The first-order valence-electron chi connectivity index (χ1n) is 9.28. The lowest BCUT2D eigenvalue weighted by molar-refractivity contribution is -0.142. The molecule has 1 aliphatic heterocycles. The fourth-order valence-corrected chi connectivity index (χ4v) is 2.86. The van der Waals surface area contributed by atoms with E-state index >= 15 is 0 Å². The number of urea groups is 1. The van der Waals surface area contributed by atoms with E-state index in [1.54, 1.807) is 37.3 Å². The Hall–Kier alpha value is -4.52. The second-order valence-electron chi connectivity index (χ2n) is 6.30. The Bertz CT molecular complexity index is 1060. The third-order valence-electron chi connectivity index (χ3n) is 4.29. The number of hydrogen-bond donors (Lipinski definition) is 3. The maximum atomic E-state index is 13.0. The van der Waals surface area contributed by atoms with E-state index < -0.39 is 29.2 Å². The molecule has 0 spiro atoms. The smallest absolute Gasteiger partial charge is 0.362 e. The highest BCUT2D eigenvalue weighted by atomic mass is 16.5. The third-order valence-corrected chi connectivity index (χ3v) is 4.29. The molecule has 1 heterocycles. The second kappa shape index (κ2) is 9.32. The standard InChI is InChI=1S/C21H19N5O5/c1-2-31-20(29)18-17(27)13-25(16-10-8-14(12-22)9-11-16)26(19(18)28)21(30)24-23-15-6-4-3-5-7-15/h3-11,23,27H,2,13H2,1H3,(H,24,30). The van der Waals surface area contributed by atoms with Crippen molar-refractivity contribution in [2.24, 2.45) is 0 Å². The topological polar surface area (TPSA) is 135 Å². The molecule has 158 valence electrons. The number of carbonyl (C=O) groups excluding carboxylic acids is 3. The van der Waals surface area contributed by atoms with Gasteiger partial charge in [0.05, 0.1) is 36.2 Å². The Morgan fingerprint density at radius 1 is 1.16 bits per heavy atom. The number of ether oxygens (including phenoxy) is 1. The van der Waals surface area contributed by atoms with Gasteiger partial charge < -0.3 is 9.84 Å². The monoisotopic (exact) mass is 421 g/mol. The van der Waals surface area contributed by atoms with Gasteiger partial charge in [-0.1, -0.05) is 18.2 Å². The number of hydrogen-bond acceptors (Lipinski definition) is 8. The summed E-state index contributed by atoms with van der Waals surface area (Å²) >= 11 is 0. The van der Waals surface area contributed by atoms with Crippen molar-refractivity contribution in [3.05, 3.63) is 71.5 Å². The molecule has 0 aromatic heterocycles. The number of anilines is 2. The van der Waals surface area contributed by atoms with Gasteiger partial charge in [-0.3, -0.25) is 15.2 Å². The SMILES string of the molecule is CCOC(=O)C1=C(O)CN(c2ccc(C#N)cc2)N(C(=O)NNc2ccccc2)C1=O. The van der Waals surface area contributed by atoms with Crippen LogP contribution in [0.25, 0.3) is 0 Å². The van der Waals surface area contributed by atoms with E-state index in [0.717, 1.165) is 0 Å². The molecule has 0 aliphatic carbocycles. The molecule has 3 amide bonds. The van der Waals surface area contributed by atoms with E-state index in [4.69, 9.17) is 10.00 Å². The van der Waals surface area contributed by atoms with Crippen molar-refractivity contribution >= 4 is 29.3 Å². The average molecular weight is 421 g/mol. The molecule has 0 bridgehead atoms. The van der Waals surface area contributed by atoms with Gasteiger partial charge in [0.15, 0.2) is 5.57 Å². The van der Waals surface area contributed by atoms with Crippen LogP contribution in [0.5, 0.6) is 0 Å². The predicted octanol–water partition coefficient (Wildman–Crippen LogP) is 2.23. The molecule has 0 fully saturated rings. The molecule has 0 saturated carbocycles. The lowest BCUT2D eigenvalue weighted by Gasteiger charge is -2.38. The van der Waals surface area contributed by atoms with Gasteiger partial charge in [-0.2, -0.15) is 10.3 Å². The van der Waals surface area contributed by atoms with Crippen molar-refractivity contribution in [1.82, 2.24) is 10.4 Å². The molecule has 1 aliphatic rings. The highest BCUT2D eigenvalue weighted by molar-refractivity contribution is 6.21. The van der Waals surface area contributed by atoms with Gasteiger partial charge in [-0.15, -0.1) is 0 Å². The number of imide groups is 1. The van der Waals surface area contributed by atoms with Crippen molar-refractivity contribution < 1.29 is 24.2 Å². The summed E-state index contributed by atoms with van der Waals surface area (Å²) < 4.78 is 4.84. The lowest BCUT2D eigenvalue weighted by atomic mass is 10.1. The summed E-state index contributed by atoms with van der Waals surface area (Å²) in [5, 5.41) is 21.2. The maximum Gasteiger partial charge on any atom is 0.362 e. The Morgan fingerprint density at radius 3 is 2.45 bits per heavy atom. The minimum Gasteiger partial charge on any atom is -0.509 e. The van der Waals surface area contributed by atoms with Crippen molar-refractivity contribution in [3.63, 3.8) is 0 Å². The van der Waals surface area contributed by atoms with E-state index in [1.165, 1.54) is 29.3 Å². The van der Waals surface area contributed by atoms with Crippen LogP contribution in [0, 0.1) is 11.3 Å². The summed E-state index contributed by atoms with van der Waals surface area (Å²) in [6.45, 7) is 1.20. The molecule has 3 N–H and O–H groups in total. The van der Waals surface area contributed by atoms with Crippen LogP contribution in [-0.4, -0.2) is 41.2 Å². The van der Waals surface area contributed by atoms with Crippen LogP contribution in [0.15, 0.2) is 65.9 Å². The van der Waals surface area contributed by atoms with E-state index in [-0.39, 0.29) is 13.2 Å². The molecule has 31 heavy (non-hydrogen) atoms. The zero-order chi connectivity index (χ0) is 22.4. The zero-order valence-electron chi connectivity index (χ0n) is 16.5. The molecule has 0 saturated heterocycles. The Labute approximate surface area is 177 Å². The van der Waals surface area contributed by atoms with Crippen molar-refractivity contribution in [2.45, 2.75) is 6.92 Å². The van der Waals surface area contributed by atoms with Crippen LogP contribution in [0.4, 0.5) is 16.2 Å². The summed E-state index contributed by atoms with van der Waals surface area (Å²) in [6.07, 6.45) is 0. The number of nitrogens with one attached hydrogen (secondary N) is 2. The number of esters is 1. The van der Waals surface area contributed by atoms with E-state index in [9.17, 15) is 19.5 Å². The first kappa shape index (κ1) is 21.2. The summed E-state index contributed by atoms with van der Waals surface area (Å²) in [4.78, 5) is 38.1. The van der Waals surface area contributed by atoms with Crippen molar-refractivity contribution in [3.8, 4) is 6.07 Å². The number of carbonyl (C=O) groups is 3. The van der Waals surface area contributed by atoms with Gasteiger partial charge in [0, 0.05) is 0 Å². The van der Waals surface area contributed by atoms with E-state index in [1.807, 2.05) is 6.07 Å². The van der Waals surface area contributed by atoms with Crippen LogP contribution in [0.1, 0.15) is 12.5 Å². The fraction of sp³-hybridized carbons (Fsp3) is 0.143. The normalized spacial score (nSPS) is 13.5. The summed E-state index contributed by atoms with van der Waals surface area (Å²) in [7, 11) is 0. The number of benzene rings is 2. The Kier molecular flexibility index (Phi) is 6.37.